The molecule has 0 aliphatic rings. The topological polar surface area (TPSA) is 12.0 Å². The second kappa shape index (κ2) is 12.4. The van der Waals surface area contributed by atoms with Gasteiger partial charge in [-0.3, -0.25) is 0 Å². The van der Waals surface area contributed by atoms with Crippen LogP contribution in [-0.2, 0) is 0 Å². The molecule has 0 fully saturated rings. The summed E-state index contributed by atoms with van der Waals surface area (Å²) < 4.78 is 0. The van der Waals surface area contributed by atoms with Crippen LogP contribution in [0.3, 0.4) is 0 Å². The van der Waals surface area contributed by atoms with E-state index in [2.05, 4.69) is 66.0 Å². The highest BCUT2D eigenvalue weighted by Crippen LogP contribution is 2.23. The zero-order valence-electron chi connectivity index (χ0n) is 13.6. The highest BCUT2D eigenvalue weighted by atomic mass is 14.8. The molecule has 0 spiro atoms. The lowest BCUT2D eigenvalue weighted by Crippen LogP contribution is -2.18. The monoisotopic (exact) mass is 271 g/mol. The van der Waals surface area contributed by atoms with E-state index >= 15 is 0 Å². The zero-order valence-corrected chi connectivity index (χ0v) is 13.6. The van der Waals surface area contributed by atoms with E-state index in [1.807, 2.05) is 34.7 Å². The molecule has 0 saturated heterocycles. The molecule has 2 rings (SSSR count). The van der Waals surface area contributed by atoms with Crippen molar-refractivity contribution in [1.29, 1.82) is 0 Å². The minimum Gasteiger partial charge on any atom is -0.319 e. The maximum absolute atomic E-state index is 3.26. The molecular weight excluding hydrogens is 242 g/mol. The van der Waals surface area contributed by atoms with Crippen molar-refractivity contribution in [2.75, 3.05) is 13.6 Å². The van der Waals surface area contributed by atoms with Crippen LogP contribution in [-0.4, -0.2) is 13.6 Å². The minimum absolute atomic E-state index is 0.437. The van der Waals surface area contributed by atoms with Crippen LogP contribution in [0, 0.1) is 0 Å². The Morgan fingerprint density at radius 3 is 1.35 bits per heavy atom. The number of benzene rings is 2. The van der Waals surface area contributed by atoms with Crippen LogP contribution >= 0.6 is 0 Å². The summed E-state index contributed by atoms with van der Waals surface area (Å²) in [7, 11) is 2.00. The summed E-state index contributed by atoms with van der Waals surface area (Å²) in [5, 5.41) is 3.26. The number of hydrogen-bond acceptors (Lipinski definition) is 1. The zero-order chi connectivity index (χ0) is 15.2. The Hall–Kier alpha value is -1.60. The maximum atomic E-state index is 3.26. The summed E-state index contributed by atoms with van der Waals surface area (Å²) >= 11 is 0. The van der Waals surface area contributed by atoms with Gasteiger partial charge in [-0.05, 0) is 18.2 Å². The molecule has 0 aromatic heterocycles. The van der Waals surface area contributed by atoms with Gasteiger partial charge in [0, 0.05) is 12.5 Å². The van der Waals surface area contributed by atoms with Crippen LogP contribution in [0.5, 0.6) is 0 Å². The SMILES string of the molecule is CC.CC.CNCC(c1ccccc1)c1ccccc1. The van der Waals surface area contributed by atoms with Crippen LogP contribution in [0.4, 0.5) is 0 Å². The van der Waals surface area contributed by atoms with Gasteiger partial charge in [-0.2, -0.15) is 0 Å². The van der Waals surface area contributed by atoms with Gasteiger partial charge in [-0.15, -0.1) is 0 Å². The van der Waals surface area contributed by atoms with Gasteiger partial charge in [-0.25, -0.2) is 0 Å². The van der Waals surface area contributed by atoms with E-state index in [4.69, 9.17) is 0 Å². The molecule has 20 heavy (non-hydrogen) atoms. The van der Waals surface area contributed by atoms with Crippen molar-refractivity contribution in [1.82, 2.24) is 5.32 Å². The molecule has 0 aliphatic carbocycles. The molecule has 0 unspecified atom stereocenters. The predicted octanol–water partition coefficient (Wildman–Crippen LogP) is 5.09. The molecule has 2 aromatic carbocycles. The summed E-state index contributed by atoms with van der Waals surface area (Å²) in [6.45, 7) is 8.97. The van der Waals surface area contributed by atoms with Gasteiger partial charge in [0.2, 0.25) is 0 Å². The van der Waals surface area contributed by atoms with E-state index in [1.165, 1.54) is 11.1 Å². The fourth-order valence-electron chi connectivity index (χ4n) is 2.00. The van der Waals surface area contributed by atoms with Gasteiger partial charge >= 0.3 is 0 Å². The second-order valence-corrected chi connectivity index (χ2v) is 3.93. The highest BCUT2D eigenvalue weighted by Gasteiger charge is 2.11. The largest absolute Gasteiger partial charge is 0.319 e. The fourth-order valence-corrected chi connectivity index (χ4v) is 2.00. The normalized spacial score (nSPS) is 9.10. The summed E-state index contributed by atoms with van der Waals surface area (Å²) in [4.78, 5) is 0. The number of hydrogen-bond donors (Lipinski definition) is 1. The molecule has 1 nitrogen and oxygen atoms in total. The molecule has 2 aromatic rings. The molecule has 0 saturated carbocycles. The van der Waals surface area contributed by atoms with E-state index in [0.29, 0.717) is 5.92 Å². The van der Waals surface area contributed by atoms with E-state index in [1.54, 1.807) is 0 Å². The molecule has 1 N–H and O–H groups in total. The molecule has 0 amide bonds. The van der Waals surface area contributed by atoms with Crippen LogP contribution < -0.4 is 5.32 Å². The number of likely N-dealkylation sites (N-methyl/N-ethyl adjacent to an activating group) is 1. The lowest BCUT2D eigenvalue weighted by atomic mass is 9.91. The van der Waals surface area contributed by atoms with Gasteiger partial charge in [0.25, 0.3) is 0 Å². The Bertz CT molecular complexity index is 369. The second-order valence-electron chi connectivity index (χ2n) is 3.93. The summed E-state index contributed by atoms with van der Waals surface area (Å²) in [5.74, 6) is 0.437. The number of nitrogens with one attached hydrogen (secondary N) is 1. The maximum Gasteiger partial charge on any atom is 0.0214 e. The van der Waals surface area contributed by atoms with Crippen molar-refractivity contribution >= 4 is 0 Å². The lowest BCUT2D eigenvalue weighted by molar-refractivity contribution is 0.708. The molecule has 0 bridgehead atoms. The molecular formula is C19H29N. The minimum atomic E-state index is 0.437. The smallest absolute Gasteiger partial charge is 0.0214 e. The van der Waals surface area contributed by atoms with Crippen LogP contribution in [0.15, 0.2) is 60.7 Å². The summed E-state index contributed by atoms with van der Waals surface area (Å²) in [6, 6.07) is 21.3. The number of rotatable bonds is 4. The van der Waals surface area contributed by atoms with Crippen molar-refractivity contribution in [2.45, 2.75) is 33.6 Å². The first kappa shape index (κ1) is 18.4. The van der Waals surface area contributed by atoms with E-state index < -0.39 is 0 Å². The molecule has 0 radical (unpaired) electrons. The van der Waals surface area contributed by atoms with Crippen molar-refractivity contribution < 1.29 is 0 Å². The van der Waals surface area contributed by atoms with Gasteiger partial charge in [0.15, 0.2) is 0 Å². The Morgan fingerprint density at radius 1 is 0.700 bits per heavy atom. The van der Waals surface area contributed by atoms with Gasteiger partial charge in [0.1, 0.15) is 0 Å². The quantitative estimate of drug-likeness (QED) is 0.816. The van der Waals surface area contributed by atoms with E-state index in [0.717, 1.165) is 6.54 Å². The third kappa shape index (κ3) is 6.03. The predicted molar refractivity (Wildman–Crippen MR) is 91.3 cm³/mol. The van der Waals surface area contributed by atoms with Crippen molar-refractivity contribution in [3.8, 4) is 0 Å². The molecule has 0 heterocycles. The van der Waals surface area contributed by atoms with Gasteiger partial charge < -0.3 is 5.32 Å². The molecule has 110 valence electrons. The van der Waals surface area contributed by atoms with Crippen LogP contribution in [0.1, 0.15) is 44.7 Å². The first-order valence-corrected chi connectivity index (χ1v) is 7.66. The Balaban J connectivity index is 0.000000829. The van der Waals surface area contributed by atoms with Crippen LogP contribution in [0.25, 0.3) is 0 Å². The van der Waals surface area contributed by atoms with Crippen LogP contribution in [0.2, 0.25) is 0 Å². The average Bonchev–Trinajstić information content (AvgIpc) is 2.58. The average molecular weight is 271 g/mol. The van der Waals surface area contributed by atoms with Crippen molar-refractivity contribution in [2.24, 2.45) is 0 Å². The Labute approximate surface area is 125 Å². The van der Waals surface area contributed by atoms with E-state index in [-0.39, 0.29) is 0 Å². The van der Waals surface area contributed by atoms with Crippen molar-refractivity contribution in [3.63, 3.8) is 0 Å². The van der Waals surface area contributed by atoms with E-state index in [9.17, 15) is 0 Å². The third-order valence-corrected chi connectivity index (χ3v) is 2.81. The van der Waals surface area contributed by atoms with Crippen molar-refractivity contribution in [3.05, 3.63) is 71.8 Å². The third-order valence-electron chi connectivity index (χ3n) is 2.81. The Morgan fingerprint density at radius 2 is 1.05 bits per heavy atom. The summed E-state index contributed by atoms with van der Waals surface area (Å²) in [6.07, 6.45) is 0. The first-order chi connectivity index (χ1) is 9.92. The standard InChI is InChI=1S/C15H17N.2C2H6/c1-16-12-15(13-8-4-2-5-9-13)14-10-6-3-7-11-14;2*1-2/h2-11,15-16H,12H2,1H3;2*1-2H3. The molecule has 1 heteroatoms. The van der Waals surface area contributed by atoms with Gasteiger partial charge in [0.05, 0.1) is 0 Å². The lowest BCUT2D eigenvalue weighted by Gasteiger charge is -2.17. The molecule has 0 aliphatic heterocycles. The highest BCUT2D eigenvalue weighted by molar-refractivity contribution is 5.32. The fraction of sp³-hybridized carbons (Fsp3) is 0.368. The Kier molecular flexibility index (Phi) is 11.4. The van der Waals surface area contributed by atoms with Gasteiger partial charge in [-0.1, -0.05) is 88.4 Å². The first-order valence-electron chi connectivity index (χ1n) is 7.66. The summed E-state index contributed by atoms with van der Waals surface area (Å²) in [5.41, 5.74) is 2.73. The molecule has 0 atom stereocenters.